The fourth-order valence-corrected chi connectivity index (χ4v) is 2.80. The van der Waals surface area contributed by atoms with Crippen LogP contribution in [0.1, 0.15) is 57.7 Å². The zero-order valence-electron chi connectivity index (χ0n) is 13.4. The van der Waals surface area contributed by atoms with Crippen molar-refractivity contribution in [1.29, 1.82) is 0 Å². The molecular weight excluding hydrogens is 298 g/mol. The van der Waals surface area contributed by atoms with Crippen molar-refractivity contribution >= 4 is 17.2 Å². The van der Waals surface area contributed by atoms with Crippen molar-refractivity contribution in [3.05, 3.63) is 17.5 Å². The minimum atomic E-state index is -0.0226. The normalized spacial score (nSPS) is 11.1. The second-order valence-corrected chi connectivity index (χ2v) is 6.43. The zero-order chi connectivity index (χ0) is 15.9. The van der Waals surface area contributed by atoms with Gasteiger partial charge in [0, 0.05) is 6.42 Å². The van der Waals surface area contributed by atoms with Crippen LogP contribution in [0.15, 0.2) is 17.5 Å². The fraction of sp³-hybridized carbons (Fsp3) is 0.562. The lowest BCUT2D eigenvalue weighted by Gasteiger charge is -2.03. The molecule has 0 aliphatic rings. The summed E-state index contributed by atoms with van der Waals surface area (Å²) in [5.41, 5.74) is 0. The third-order valence-electron chi connectivity index (χ3n) is 3.15. The van der Waals surface area contributed by atoms with Gasteiger partial charge in [-0.05, 0) is 31.7 Å². The van der Waals surface area contributed by atoms with E-state index in [1.165, 1.54) is 4.68 Å². The van der Waals surface area contributed by atoms with E-state index in [1.54, 1.807) is 11.3 Å². The summed E-state index contributed by atoms with van der Waals surface area (Å²) < 4.78 is 6.93. The Bertz CT molecular complexity index is 591. The van der Waals surface area contributed by atoms with Gasteiger partial charge in [-0.2, -0.15) is 9.67 Å². The standard InChI is InChI=1S/C16H23N3O2S/c1-4-5-6-7-10-14(20)19-15(13-9-8-11-22-13)17-16(18-19)21-12(2)3/h8-9,11-12H,4-7,10H2,1-3H3. The number of hydrogen-bond acceptors (Lipinski definition) is 5. The number of unbranched alkanes of at least 4 members (excludes halogenated alkanes) is 3. The van der Waals surface area contributed by atoms with Gasteiger partial charge in [-0.1, -0.05) is 32.3 Å². The van der Waals surface area contributed by atoms with Crippen molar-refractivity contribution in [1.82, 2.24) is 14.8 Å². The van der Waals surface area contributed by atoms with Gasteiger partial charge in [0.15, 0.2) is 5.82 Å². The van der Waals surface area contributed by atoms with Crippen molar-refractivity contribution in [3.63, 3.8) is 0 Å². The zero-order valence-corrected chi connectivity index (χ0v) is 14.2. The van der Waals surface area contributed by atoms with Gasteiger partial charge in [0.05, 0.1) is 11.0 Å². The first kappa shape index (κ1) is 16.7. The van der Waals surface area contributed by atoms with E-state index in [9.17, 15) is 4.79 Å². The number of hydrogen-bond donors (Lipinski definition) is 0. The van der Waals surface area contributed by atoms with Gasteiger partial charge in [0.1, 0.15) is 0 Å². The highest BCUT2D eigenvalue weighted by molar-refractivity contribution is 7.13. The second kappa shape index (κ2) is 8.08. The maximum Gasteiger partial charge on any atom is 0.336 e. The minimum Gasteiger partial charge on any atom is -0.460 e. The monoisotopic (exact) mass is 321 g/mol. The molecule has 5 nitrogen and oxygen atoms in total. The summed E-state index contributed by atoms with van der Waals surface area (Å²) in [6.45, 7) is 5.99. The Hall–Kier alpha value is -1.69. The lowest BCUT2D eigenvalue weighted by Crippen LogP contribution is -2.14. The van der Waals surface area contributed by atoms with Crippen LogP contribution in [0.2, 0.25) is 0 Å². The molecule has 0 N–H and O–H groups in total. The quantitative estimate of drug-likeness (QED) is 0.676. The average Bonchev–Trinajstić information content (AvgIpc) is 3.11. The fourth-order valence-electron chi connectivity index (χ4n) is 2.10. The summed E-state index contributed by atoms with van der Waals surface area (Å²) in [6.07, 6.45) is 4.74. The van der Waals surface area contributed by atoms with Crippen LogP contribution in [0, 0.1) is 0 Å². The maximum atomic E-state index is 12.4. The van der Waals surface area contributed by atoms with E-state index in [4.69, 9.17) is 4.74 Å². The van der Waals surface area contributed by atoms with E-state index in [0.29, 0.717) is 12.2 Å². The molecule has 0 spiro atoms. The molecule has 0 aliphatic heterocycles. The predicted molar refractivity (Wildman–Crippen MR) is 88.5 cm³/mol. The summed E-state index contributed by atoms with van der Waals surface area (Å²) in [4.78, 5) is 17.7. The highest BCUT2D eigenvalue weighted by Gasteiger charge is 2.19. The van der Waals surface area contributed by atoms with Crippen molar-refractivity contribution in [2.45, 2.75) is 59.0 Å². The molecule has 0 atom stereocenters. The molecule has 2 aromatic heterocycles. The molecular formula is C16H23N3O2S. The number of nitrogens with zero attached hydrogens (tertiary/aromatic N) is 3. The topological polar surface area (TPSA) is 57.0 Å². The molecule has 6 heteroatoms. The summed E-state index contributed by atoms with van der Waals surface area (Å²) >= 11 is 1.54. The van der Waals surface area contributed by atoms with Gasteiger partial charge in [-0.3, -0.25) is 4.79 Å². The Labute approximate surface area is 135 Å². The number of ether oxygens (including phenoxy) is 1. The van der Waals surface area contributed by atoms with Crippen LogP contribution >= 0.6 is 11.3 Å². The maximum absolute atomic E-state index is 12.4. The highest BCUT2D eigenvalue weighted by Crippen LogP contribution is 2.25. The smallest absolute Gasteiger partial charge is 0.336 e. The van der Waals surface area contributed by atoms with Crippen LogP contribution in [0.3, 0.4) is 0 Å². The van der Waals surface area contributed by atoms with E-state index in [1.807, 2.05) is 31.4 Å². The molecule has 0 saturated heterocycles. The lowest BCUT2D eigenvalue weighted by atomic mass is 10.1. The third kappa shape index (κ3) is 4.40. The predicted octanol–water partition coefficient (Wildman–Crippen LogP) is 4.40. The summed E-state index contributed by atoms with van der Waals surface area (Å²) in [6, 6.07) is 4.14. The second-order valence-electron chi connectivity index (χ2n) is 5.48. The van der Waals surface area contributed by atoms with Crippen LogP contribution in [-0.2, 0) is 0 Å². The Balaban J connectivity index is 2.17. The van der Waals surface area contributed by atoms with E-state index in [2.05, 4.69) is 17.0 Å². The minimum absolute atomic E-state index is 0.0216. The number of carbonyl (C=O) groups excluding carboxylic acids is 1. The van der Waals surface area contributed by atoms with Crippen LogP contribution in [0.5, 0.6) is 6.01 Å². The van der Waals surface area contributed by atoms with Crippen LogP contribution in [0.4, 0.5) is 0 Å². The Kier molecular flexibility index (Phi) is 6.12. The summed E-state index contributed by atoms with van der Waals surface area (Å²) in [5.74, 6) is 0.553. The largest absolute Gasteiger partial charge is 0.460 e. The van der Waals surface area contributed by atoms with Crippen molar-refractivity contribution in [2.75, 3.05) is 0 Å². The molecule has 0 bridgehead atoms. The van der Waals surface area contributed by atoms with E-state index < -0.39 is 0 Å². The number of carbonyl (C=O) groups is 1. The van der Waals surface area contributed by atoms with Crippen LogP contribution in [-0.4, -0.2) is 26.8 Å². The van der Waals surface area contributed by atoms with Gasteiger partial charge in [-0.15, -0.1) is 16.4 Å². The van der Waals surface area contributed by atoms with Crippen molar-refractivity contribution in [3.8, 4) is 16.7 Å². The van der Waals surface area contributed by atoms with Gasteiger partial charge in [-0.25, -0.2) is 0 Å². The van der Waals surface area contributed by atoms with Gasteiger partial charge in [0.2, 0.25) is 5.91 Å². The van der Waals surface area contributed by atoms with Crippen LogP contribution in [0.25, 0.3) is 10.7 Å². The summed E-state index contributed by atoms with van der Waals surface area (Å²) in [7, 11) is 0. The first-order valence-electron chi connectivity index (χ1n) is 7.82. The summed E-state index contributed by atoms with van der Waals surface area (Å²) in [5, 5.41) is 6.21. The first-order valence-corrected chi connectivity index (χ1v) is 8.70. The molecule has 2 rings (SSSR count). The number of rotatable bonds is 8. The molecule has 2 heterocycles. The van der Waals surface area contributed by atoms with E-state index >= 15 is 0 Å². The third-order valence-corrected chi connectivity index (χ3v) is 4.02. The van der Waals surface area contributed by atoms with Crippen molar-refractivity contribution < 1.29 is 9.53 Å². The molecule has 0 saturated carbocycles. The highest BCUT2D eigenvalue weighted by atomic mass is 32.1. The molecule has 2 aromatic rings. The van der Waals surface area contributed by atoms with Gasteiger partial charge in [0.25, 0.3) is 0 Å². The molecule has 0 aromatic carbocycles. The van der Waals surface area contributed by atoms with Crippen LogP contribution < -0.4 is 4.74 Å². The lowest BCUT2D eigenvalue weighted by molar-refractivity contribution is 0.0881. The molecule has 120 valence electrons. The van der Waals surface area contributed by atoms with Crippen molar-refractivity contribution in [2.24, 2.45) is 0 Å². The van der Waals surface area contributed by atoms with Gasteiger partial charge >= 0.3 is 6.01 Å². The Morgan fingerprint density at radius 1 is 1.36 bits per heavy atom. The Morgan fingerprint density at radius 3 is 2.82 bits per heavy atom. The molecule has 0 aliphatic carbocycles. The molecule has 22 heavy (non-hydrogen) atoms. The van der Waals surface area contributed by atoms with E-state index in [-0.39, 0.29) is 18.0 Å². The molecule has 0 fully saturated rings. The number of thiophene rings is 1. The SMILES string of the molecule is CCCCCCC(=O)n1nc(OC(C)C)nc1-c1cccs1. The van der Waals surface area contributed by atoms with Gasteiger partial charge < -0.3 is 4.74 Å². The Morgan fingerprint density at radius 2 is 2.18 bits per heavy atom. The molecule has 0 radical (unpaired) electrons. The molecule has 0 amide bonds. The molecule has 0 unspecified atom stereocenters. The average molecular weight is 321 g/mol. The number of aromatic nitrogens is 3. The van der Waals surface area contributed by atoms with E-state index in [0.717, 1.165) is 30.6 Å². The first-order chi connectivity index (χ1) is 10.6.